The minimum absolute atomic E-state index is 0.774. The predicted octanol–water partition coefficient (Wildman–Crippen LogP) is 7.66. The topological polar surface area (TPSA) is 0 Å². The van der Waals surface area contributed by atoms with Crippen LogP contribution in [0.25, 0.3) is 0 Å². The Bertz CT molecular complexity index is 184. The van der Waals surface area contributed by atoms with Gasteiger partial charge in [0.1, 0.15) is 0 Å². The second-order valence-electron chi connectivity index (χ2n) is 7.39. The van der Waals surface area contributed by atoms with E-state index in [1.807, 2.05) is 0 Å². The molecule has 1 aliphatic rings. The number of rotatable bonds is 12. The molecule has 0 heteroatoms. The highest BCUT2D eigenvalue weighted by Gasteiger charge is 2.30. The minimum Gasteiger partial charge on any atom is -0.0654 e. The Morgan fingerprint density at radius 3 is 1.45 bits per heavy atom. The smallest absolute Gasteiger partial charge is 0.0297 e. The largest absolute Gasteiger partial charge is 0.0654 e. The maximum Gasteiger partial charge on any atom is -0.0297 e. The van der Waals surface area contributed by atoms with Crippen LogP contribution in [-0.4, -0.2) is 0 Å². The molecular weight excluding hydrogens is 240 g/mol. The van der Waals surface area contributed by atoms with E-state index < -0.39 is 0 Å². The van der Waals surface area contributed by atoms with Gasteiger partial charge in [0, 0.05) is 0 Å². The maximum atomic E-state index is 2.32. The third-order valence-electron chi connectivity index (χ3n) is 5.54. The molecule has 1 saturated carbocycles. The summed E-state index contributed by atoms with van der Waals surface area (Å²) in [6, 6.07) is 0. The zero-order valence-electron chi connectivity index (χ0n) is 14.5. The van der Waals surface area contributed by atoms with Crippen molar-refractivity contribution < 1.29 is 0 Å². The van der Waals surface area contributed by atoms with Gasteiger partial charge < -0.3 is 0 Å². The highest BCUT2D eigenvalue weighted by atomic mass is 14.4. The lowest BCUT2D eigenvalue weighted by atomic mass is 9.68. The van der Waals surface area contributed by atoms with E-state index in [1.54, 1.807) is 25.7 Å². The SMILES string of the molecule is CCCCCCCC1(CCCCCCC)CCCCC1. The van der Waals surface area contributed by atoms with Gasteiger partial charge in [-0.05, 0) is 31.1 Å². The summed E-state index contributed by atoms with van der Waals surface area (Å²) in [6.07, 6.45) is 25.3. The van der Waals surface area contributed by atoms with Crippen LogP contribution in [-0.2, 0) is 0 Å². The molecular formula is C20H40. The average molecular weight is 281 g/mol. The third-order valence-corrected chi connectivity index (χ3v) is 5.54. The Morgan fingerprint density at radius 1 is 0.550 bits per heavy atom. The van der Waals surface area contributed by atoms with Crippen LogP contribution >= 0.6 is 0 Å². The molecule has 0 saturated heterocycles. The van der Waals surface area contributed by atoms with E-state index in [2.05, 4.69) is 13.8 Å². The summed E-state index contributed by atoms with van der Waals surface area (Å²) >= 11 is 0. The van der Waals surface area contributed by atoms with Crippen molar-refractivity contribution in [3.05, 3.63) is 0 Å². The Kier molecular flexibility index (Phi) is 10.5. The molecule has 1 fully saturated rings. The molecule has 1 rings (SSSR count). The summed E-state index contributed by atoms with van der Waals surface area (Å²) in [6.45, 7) is 4.64. The second-order valence-corrected chi connectivity index (χ2v) is 7.39. The van der Waals surface area contributed by atoms with Crippen molar-refractivity contribution in [2.45, 2.75) is 123 Å². The Labute approximate surface area is 129 Å². The summed E-state index contributed by atoms with van der Waals surface area (Å²) in [4.78, 5) is 0. The van der Waals surface area contributed by atoms with E-state index in [4.69, 9.17) is 0 Å². The normalized spacial score (nSPS) is 18.3. The first-order valence-corrected chi connectivity index (χ1v) is 9.83. The highest BCUT2D eigenvalue weighted by Crippen LogP contribution is 2.44. The second kappa shape index (κ2) is 11.6. The van der Waals surface area contributed by atoms with Crippen LogP contribution in [0.5, 0.6) is 0 Å². The molecule has 0 aromatic heterocycles. The van der Waals surface area contributed by atoms with E-state index in [0.29, 0.717) is 0 Å². The lowest BCUT2D eigenvalue weighted by Gasteiger charge is -2.38. The molecule has 0 bridgehead atoms. The van der Waals surface area contributed by atoms with Crippen LogP contribution in [0.1, 0.15) is 123 Å². The summed E-state index contributed by atoms with van der Waals surface area (Å²) in [5.74, 6) is 0. The molecule has 0 aromatic rings. The Morgan fingerprint density at radius 2 is 1.00 bits per heavy atom. The fraction of sp³-hybridized carbons (Fsp3) is 1.00. The van der Waals surface area contributed by atoms with Crippen LogP contribution in [0.3, 0.4) is 0 Å². The summed E-state index contributed by atoms with van der Waals surface area (Å²) < 4.78 is 0. The van der Waals surface area contributed by atoms with Crippen molar-refractivity contribution >= 4 is 0 Å². The van der Waals surface area contributed by atoms with Crippen LogP contribution in [0.2, 0.25) is 0 Å². The molecule has 0 unspecified atom stereocenters. The summed E-state index contributed by atoms with van der Waals surface area (Å²) in [7, 11) is 0. The predicted molar refractivity (Wildman–Crippen MR) is 92.3 cm³/mol. The lowest BCUT2D eigenvalue weighted by molar-refractivity contribution is 0.146. The van der Waals surface area contributed by atoms with Crippen molar-refractivity contribution in [3.63, 3.8) is 0 Å². The van der Waals surface area contributed by atoms with Gasteiger partial charge in [-0.15, -0.1) is 0 Å². The fourth-order valence-electron chi connectivity index (χ4n) is 4.13. The molecule has 0 amide bonds. The molecule has 0 aliphatic heterocycles. The molecule has 0 spiro atoms. The van der Waals surface area contributed by atoms with Gasteiger partial charge in [-0.25, -0.2) is 0 Å². The van der Waals surface area contributed by atoms with E-state index in [0.717, 1.165) is 5.41 Å². The number of hydrogen-bond acceptors (Lipinski definition) is 0. The zero-order valence-corrected chi connectivity index (χ0v) is 14.5. The van der Waals surface area contributed by atoms with Gasteiger partial charge in [0.05, 0.1) is 0 Å². The van der Waals surface area contributed by atoms with Crippen LogP contribution in [0, 0.1) is 5.41 Å². The van der Waals surface area contributed by atoms with Gasteiger partial charge in [0.15, 0.2) is 0 Å². The van der Waals surface area contributed by atoms with Gasteiger partial charge in [0.2, 0.25) is 0 Å². The molecule has 1 aliphatic carbocycles. The summed E-state index contributed by atoms with van der Waals surface area (Å²) in [5, 5.41) is 0. The first kappa shape index (κ1) is 18.1. The first-order chi connectivity index (χ1) is 9.83. The molecule has 0 heterocycles. The van der Waals surface area contributed by atoms with E-state index in [9.17, 15) is 0 Å². The zero-order chi connectivity index (χ0) is 14.5. The van der Waals surface area contributed by atoms with Crippen molar-refractivity contribution in [1.29, 1.82) is 0 Å². The van der Waals surface area contributed by atoms with Crippen molar-refractivity contribution in [2.24, 2.45) is 5.41 Å². The standard InChI is InChI=1S/C20H40/c1-3-5-7-9-12-16-20(18-14-11-15-19-20)17-13-10-8-6-4-2/h3-19H2,1-2H3. The van der Waals surface area contributed by atoms with E-state index in [-0.39, 0.29) is 0 Å². The molecule has 0 atom stereocenters. The average Bonchev–Trinajstić information content (AvgIpc) is 2.48. The van der Waals surface area contributed by atoms with Gasteiger partial charge >= 0.3 is 0 Å². The molecule has 0 nitrogen and oxygen atoms in total. The number of unbranched alkanes of at least 4 members (excludes halogenated alkanes) is 8. The quantitative estimate of drug-likeness (QED) is 0.322. The Balaban J connectivity index is 2.22. The van der Waals surface area contributed by atoms with Gasteiger partial charge in [-0.1, -0.05) is 97.3 Å². The first-order valence-electron chi connectivity index (χ1n) is 9.83. The maximum absolute atomic E-state index is 2.32. The Hall–Kier alpha value is 0. The van der Waals surface area contributed by atoms with Gasteiger partial charge in [0.25, 0.3) is 0 Å². The molecule has 20 heavy (non-hydrogen) atoms. The monoisotopic (exact) mass is 280 g/mol. The molecule has 0 N–H and O–H groups in total. The van der Waals surface area contributed by atoms with Crippen LogP contribution in [0.4, 0.5) is 0 Å². The minimum atomic E-state index is 0.774. The van der Waals surface area contributed by atoms with Crippen molar-refractivity contribution in [1.82, 2.24) is 0 Å². The molecule has 0 aromatic carbocycles. The molecule has 0 radical (unpaired) electrons. The van der Waals surface area contributed by atoms with Crippen LogP contribution in [0.15, 0.2) is 0 Å². The molecule has 120 valence electrons. The highest BCUT2D eigenvalue weighted by molar-refractivity contribution is 4.82. The third kappa shape index (κ3) is 7.70. The number of hydrogen-bond donors (Lipinski definition) is 0. The van der Waals surface area contributed by atoms with Crippen molar-refractivity contribution in [3.8, 4) is 0 Å². The summed E-state index contributed by atoms with van der Waals surface area (Å²) in [5.41, 5.74) is 0.774. The van der Waals surface area contributed by atoms with Gasteiger partial charge in [-0.2, -0.15) is 0 Å². The van der Waals surface area contributed by atoms with E-state index >= 15 is 0 Å². The van der Waals surface area contributed by atoms with Gasteiger partial charge in [-0.3, -0.25) is 0 Å². The van der Waals surface area contributed by atoms with Crippen molar-refractivity contribution in [2.75, 3.05) is 0 Å². The van der Waals surface area contributed by atoms with E-state index in [1.165, 1.54) is 83.5 Å². The fourth-order valence-corrected chi connectivity index (χ4v) is 4.13. The van der Waals surface area contributed by atoms with Crippen LogP contribution < -0.4 is 0 Å². The lowest BCUT2D eigenvalue weighted by Crippen LogP contribution is -2.24.